The molecular weight excluding hydrogens is 321 g/mol. The summed E-state index contributed by atoms with van der Waals surface area (Å²) in [6.07, 6.45) is -4.60. The SMILES string of the molecule is CC(C)[C@@H](CO)Nc1nc(Nc2ccccc2)cc(C(F)(F)F)n1. The van der Waals surface area contributed by atoms with E-state index in [1.54, 1.807) is 30.3 Å². The summed E-state index contributed by atoms with van der Waals surface area (Å²) in [5.41, 5.74) is -0.447. The quantitative estimate of drug-likeness (QED) is 0.748. The van der Waals surface area contributed by atoms with Crippen LogP contribution in [0.5, 0.6) is 0 Å². The minimum atomic E-state index is -4.60. The number of nitrogens with one attached hydrogen (secondary N) is 2. The zero-order chi connectivity index (χ0) is 17.7. The predicted octanol–water partition coefficient (Wildman–Crippen LogP) is 3.67. The van der Waals surface area contributed by atoms with Crippen LogP contribution in [0.3, 0.4) is 0 Å². The Balaban J connectivity index is 2.34. The molecule has 0 radical (unpaired) electrons. The largest absolute Gasteiger partial charge is 0.433 e. The lowest BCUT2D eigenvalue weighted by Gasteiger charge is -2.21. The van der Waals surface area contributed by atoms with E-state index in [-0.39, 0.29) is 24.3 Å². The molecule has 5 nitrogen and oxygen atoms in total. The van der Waals surface area contributed by atoms with E-state index in [0.29, 0.717) is 5.69 Å². The van der Waals surface area contributed by atoms with Gasteiger partial charge in [0, 0.05) is 11.8 Å². The molecule has 1 heterocycles. The third-order valence-electron chi connectivity index (χ3n) is 3.38. The maximum absolute atomic E-state index is 13.1. The molecule has 24 heavy (non-hydrogen) atoms. The Morgan fingerprint density at radius 1 is 1.12 bits per heavy atom. The number of para-hydroxylation sites is 1. The average Bonchev–Trinajstić information content (AvgIpc) is 2.52. The number of rotatable bonds is 6. The molecule has 0 fully saturated rings. The van der Waals surface area contributed by atoms with Crippen LogP contribution in [0.4, 0.5) is 30.6 Å². The second-order valence-corrected chi connectivity index (χ2v) is 5.63. The molecule has 0 saturated carbocycles. The number of nitrogens with zero attached hydrogens (tertiary/aromatic N) is 2. The van der Waals surface area contributed by atoms with Crippen molar-refractivity contribution in [1.82, 2.24) is 9.97 Å². The van der Waals surface area contributed by atoms with E-state index in [9.17, 15) is 18.3 Å². The van der Waals surface area contributed by atoms with Crippen molar-refractivity contribution in [2.24, 2.45) is 5.92 Å². The van der Waals surface area contributed by atoms with Crippen molar-refractivity contribution in [2.75, 3.05) is 17.2 Å². The van der Waals surface area contributed by atoms with Crippen molar-refractivity contribution in [2.45, 2.75) is 26.1 Å². The minimum absolute atomic E-state index is 0.00123. The Hall–Kier alpha value is -2.35. The van der Waals surface area contributed by atoms with Gasteiger partial charge in [-0.25, -0.2) is 4.98 Å². The number of aliphatic hydroxyl groups is 1. The monoisotopic (exact) mass is 340 g/mol. The molecule has 3 N–H and O–H groups in total. The highest BCUT2D eigenvalue weighted by molar-refractivity contribution is 5.57. The average molecular weight is 340 g/mol. The van der Waals surface area contributed by atoms with E-state index in [0.717, 1.165) is 6.07 Å². The summed E-state index contributed by atoms with van der Waals surface area (Å²) < 4.78 is 39.2. The molecule has 0 aliphatic heterocycles. The molecule has 0 aliphatic rings. The fourth-order valence-corrected chi connectivity index (χ4v) is 1.98. The highest BCUT2D eigenvalue weighted by Crippen LogP contribution is 2.30. The van der Waals surface area contributed by atoms with Gasteiger partial charge in [-0.2, -0.15) is 18.2 Å². The van der Waals surface area contributed by atoms with Crippen LogP contribution in [0, 0.1) is 5.92 Å². The summed E-state index contributed by atoms with van der Waals surface area (Å²) in [5.74, 6) is -0.166. The Bertz CT molecular complexity index is 662. The second-order valence-electron chi connectivity index (χ2n) is 5.63. The summed E-state index contributed by atoms with van der Waals surface area (Å²) in [4.78, 5) is 7.59. The molecular formula is C16H19F3N4O. The first kappa shape index (κ1) is 18.0. The number of hydrogen-bond acceptors (Lipinski definition) is 5. The Morgan fingerprint density at radius 3 is 2.33 bits per heavy atom. The minimum Gasteiger partial charge on any atom is -0.394 e. The van der Waals surface area contributed by atoms with Crippen molar-refractivity contribution < 1.29 is 18.3 Å². The Kier molecular flexibility index (Phi) is 5.61. The Labute approximate surface area is 138 Å². The third kappa shape index (κ3) is 4.82. The first-order valence-electron chi connectivity index (χ1n) is 7.45. The lowest BCUT2D eigenvalue weighted by Crippen LogP contribution is -2.30. The zero-order valence-corrected chi connectivity index (χ0v) is 13.3. The van der Waals surface area contributed by atoms with Crippen LogP contribution >= 0.6 is 0 Å². The summed E-state index contributed by atoms with van der Waals surface area (Å²) in [7, 11) is 0. The summed E-state index contributed by atoms with van der Waals surface area (Å²) in [6, 6.07) is 9.15. The van der Waals surface area contributed by atoms with E-state index < -0.39 is 17.9 Å². The van der Waals surface area contributed by atoms with Gasteiger partial charge in [0.15, 0.2) is 5.69 Å². The molecule has 0 saturated heterocycles. The zero-order valence-electron chi connectivity index (χ0n) is 13.3. The van der Waals surface area contributed by atoms with Crippen LogP contribution in [-0.2, 0) is 6.18 Å². The van der Waals surface area contributed by atoms with Crippen molar-refractivity contribution >= 4 is 17.5 Å². The van der Waals surface area contributed by atoms with E-state index in [1.807, 2.05) is 13.8 Å². The molecule has 0 aliphatic carbocycles. The molecule has 0 bridgehead atoms. The van der Waals surface area contributed by atoms with E-state index in [4.69, 9.17) is 0 Å². The Morgan fingerprint density at radius 2 is 1.79 bits per heavy atom. The van der Waals surface area contributed by atoms with Gasteiger partial charge in [-0.1, -0.05) is 32.0 Å². The van der Waals surface area contributed by atoms with Gasteiger partial charge in [0.05, 0.1) is 12.6 Å². The molecule has 2 rings (SSSR count). The van der Waals surface area contributed by atoms with Gasteiger partial charge in [0.1, 0.15) is 5.82 Å². The smallest absolute Gasteiger partial charge is 0.394 e. The van der Waals surface area contributed by atoms with Crippen LogP contribution in [0.2, 0.25) is 0 Å². The highest BCUT2D eigenvalue weighted by atomic mass is 19.4. The van der Waals surface area contributed by atoms with Gasteiger partial charge in [0.25, 0.3) is 0 Å². The highest BCUT2D eigenvalue weighted by Gasteiger charge is 2.34. The van der Waals surface area contributed by atoms with Crippen molar-refractivity contribution in [3.8, 4) is 0 Å². The van der Waals surface area contributed by atoms with Gasteiger partial charge in [0.2, 0.25) is 5.95 Å². The number of hydrogen-bond donors (Lipinski definition) is 3. The molecule has 0 amide bonds. The number of benzene rings is 1. The van der Waals surface area contributed by atoms with Crippen molar-refractivity contribution in [3.63, 3.8) is 0 Å². The van der Waals surface area contributed by atoms with Crippen molar-refractivity contribution in [3.05, 3.63) is 42.1 Å². The maximum atomic E-state index is 13.1. The lowest BCUT2D eigenvalue weighted by atomic mass is 10.1. The number of alkyl halides is 3. The van der Waals surface area contributed by atoms with Crippen molar-refractivity contribution in [1.29, 1.82) is 0 Å². The third-order valence-corrected chi connectivity index (χ3v) is 3.38. The van der Waals surface area contributed by atoms with E-state index in [2.05, 4.69) is 20.6 Å². The van der Waals surface area contributed by atoms with Gasteiger partial charge >= 0.3 is 6.18 Å². The fourth-order valence-electron chi connectivity index (χ4n) is 1.98. The van der Waals surface area contributed by atoms with Crippen LogP contribution < -0.4 is 10.6 Å². The molecule has 130 valence electrons. The molecule has 8 heteroatoms. The van der Waals surface area contributed by atoms with E-state index in [1.165, 1.54) is 0 Å². The topological polar surface area (TPSA) is 70.1 Å². The molecule has 0 spiro atoms. The van der Waals surface area contributed by atoms with Gasteiger partial charge < -0.3 is 15.7 Å². The van der Waals surface area contributed by atoms with Crippen LogP contribution in [0.15, 0.2) is 36.4 Å². The fraction of sp³-hybridized carbons (Fsp3) is 0.375. The van der Waals surface area contributed by atoms with Gasteiger partial charge in [-0.15, -0.1) is 0 Å². The summed E-state index contributed by atoms with van der Waals surface area (Å²) in [5, 5.41) is 14.9. The number of halogens is 3. The second kappa shape index (κ2) is 7.48. The van der Waals surface area contributed by atoms with Gasteiger partial charge in [-0.05, 0) is 18.1 Å². The van der Waals surface area contributed by atoms with Crippen LogP contribution in [0.1, 0.15) is 19.5 Å². The number of anilines is 3. The predicted molar refractivity (Wildman–Crippen MR) is 86.1 cm³/mol. The summed E-state index contributed by atoms with van der Waals surface area (Å²) in [6.45, 7) is 3.44. The van der Waals surface area contributed by atoms with Crippen LogP contribution in [-0.4, -0.2) is 27.7 Å². The molecule has 1 aromatic heterocycles. The first-order chi connectivity index (χ1) is 11.3. The molecule has 1 atom stereocenters. The lowest BCUT2D eigenvalue weighted by molar-refractivity contribution is -0.141. The first-order valence-corrected chi connectivity index (χ1v) is 7.45. The summed E-state index contributed by atoms with van der Waals surface area (Å²) >= 11 is 0. The number of aliphatic hydroxyl groups excluding tert-OH is 1. The number of aromatic nitrogens is 2. The van der Waals surface area contributed by atoms with Gasteiger partial charge in [-0.3, -0.25) is 0 Å². The molecule has 2 aromatic rings. The van der Waals surface area contributed by atoms with E-state index >= 15 is 0 Å². The molecule has 0 unspecified atom stereocenters. The normalized spacial score (nSPS) is 13.0. The maximum Gasteiger partial charge on any atom is 0.433 e. The molecule has 1 aromatic carbocycles. The van der Waals surface area contributed by atoms with Crippen LogP contribution in [0.25, 0.3) is 0 Å². The standard InChI is InChI=1S/C16H19F3N4O/c1-10(2)12(9-24)21-15-22-13(16(17,18)19)8-14(23-15)20-11-6-4-3-5-7-11/h3-8,10,12,24H,9H2,1-2H3,(H2,20,21,22,23)/t12-/m1/s1.